The summed E-state index contributed by atoms with van der Waals surface area (Å²) in [4.78, 5) is 26.0. The van der Waals surface area contributed by atoms with E-state index in [4.69, 9.17) is 4.74 Å². The number of hydrogen-bond acceptors (Lipinski definition) is 6. The van der Waals surface area contributed by atoms with Crippen LogP contribution in [0.15, 0.2) is 94.6 Å². The molecule has 1 unspecified atom stereocenters. The van der Waals surface area contributed by atoms with E-state index < -0.39 is 27.5 Å². The van der Waals surface area contributed by atoms with Gasteiger partial charge in [-0.2, -0.15) is 4.31 Å². The molecule has 10 nitrogen and oxygen atoms in total. The second-order valence-corrected chi connectivity index (χ2v) is 10.8. The molecular formula is C27H26N4O6S. The number of amides is 1. The molecule has 0 radical (unpaired) electrons. The normalized spacial score (nSPS) is 15.6. The fraction of sp³-hybridized carbons (Fsp3) is 0.185. The van der Waals surface area contributed by atoms with Gasteiger partial charge in [-0.3, -0.25) is 19.9 Å². The molecule has 0 bridgehead atoms. The van der Waals surface area contributed by atoms with Gasteiger partial charge >= 0.3 is 0 Å². The first-order chi connectivity index (χ1) is 18.4. The number of hydrogen-bond donors (Lipinski definition) is 3. The number of aromatic amines is 1. The second kappa shape index (κ2) is 10.7. The quantitative estimate of drug-likeness (QED) is 0.235. The van der Waals surface area contributed by atoms with Crippen LogP contribution in [-0.4, -0.2) is 40.2 Å². The van der Waals surface area contributed by atoms with Gasteiger partial charge in [0.15, 0.2) is 0 Å². The maximum Gasteiger partial charge on any atom is 0.272 e. The minimum absolute atomic E-state index is 0.00915. The van der Waals surface area contributed by atoms with Crippen LogP contribution >= 0.6 is 0 Å². The van der Waals surface area contributed by atoms with Gasteiger partial charge in [0.25, 0.3) is 11.5 Å². The van der Waals surface area contributed by atoms with Gasteiger partial charge in [0.1, 0.15) is 18.4 Å². The molecule has 0 saturated carbocycles. The molecule has 11 heteroatoms. The molecule has 38 heavy (non-hydrogen) atoms. The molecule has 1 aliphatic heterocycles. The number of carbonyl (C=O) groups excluding carboxylic acids is 1. The van der Waals surface area contributed by atoms with Gasteiger partial charge in [0.2, 0.25) is 10.0 Å². The van der Waals surface area contributed by atoms with E-state index in [1.807, 2.05) is 60.7 Å². The molecule has 196 valence electrons. The molecule has 4 aromatic rings. The highest BCUT2D eigenvalue weighted by Gasteiger charge is 2.43. The van der Waals surface area contributed by atoms with Crippen LogP contribution in [0.25, 0.3) is 0 Å². The molecule has 3 aromatic carbocycles. The third kappa shape index (κ3) is 4.99. The third-order valence-electron chi connectivity index (χ3n) is 6.43. The largest absolute Gasteiger partial charge is 0.489 e. The SMILES string of the molecule is O=C(NO)C1c2c([nH]n(Cc3ccccc3)c2=O)CCN1S(=O)(=O)c1ccc(OCc2ccccc2)cc1. The Labute approximate surface area is 219 Å². The highest BCUT2D eigenvalue weighted by Crippen LogP contribution is 2.33. The van der Waals surface area contributed by atoms with Crippen LogP contribution in [0.5, 0.6) is 5.75 Å². The summed E-state index contributed by atoms with van der Waals surface area (Å²) in [5.74, 6) is -0.534. The lowest BCUT2D eigenvalue weighted by atomic mass is 10.0. The molecule has 1 atom stereocenters. The summed E-state index contributed by atoms with van der Waals surface area (Å²) in [6.07, 6.45) is 0.194. The average molecular weight is 535 g/mol. The smallest absolute Gasteiger partial charge is 0.272 e. The number of ether oxygens (including phenoxy) is 1. The summed E-state index contributed by atoms with van der Waals surface area (Å²) in [5.41, 5.74) is 3.27. The first-order valence-electron chi connectivity index (χ1n) is 12.0. The minimum atomic E-state index is -4.22. The van der Waals surface area contributed by atoms with Gasteiger partial charge in [-0.25, -0.2) is 18.6 Å². The third-order valence-corrected chi connectivity index (χ3v) is 8.31. The van der Waals surface area contributed by atoms with E-state index >= 15 is 0 Å². The van der Waals surface area contributed by atoms with Crippen LogP contribution in [0.2, 0.25) is 0 Å². The van der Waals surface area contributed by atoms with Crippen LogP contribution in [0, 0.1) is 0 Å². The van der Waals surface area contributed by atoms with Gasteiger partial charge in [-0.05, 0) is 35.4 Å². The first kappa shape index (κ1) is 25.5. The Hall–Kier alpha value is -4.19. The summed E-state index contributed by atoms with van der Waals surface area (Å²) in [7, 11) is -4.22. The van der Waals surface area contributed by atoms with Crippen LogP contribution in [0.4, 0.5) is 0 Å². The van der Waals surface area contributed by atoms with Crippen molar-refractivity contribution in [3.63, 3.8) is 0 Å². The molecule has 3 N–H and O–H groups in total. The first-order valence-corrected chi connectivity index (χ1v) is 13.4. The fourth-order valence-electron chi connectivity index (χ4n) is 4.56. The van der Waals surface area contributed by atoms with E-state index in [1.54, 1.807) is 0 Å². The topological polar surface area (TPSA) is 134 Å². The molecular weight excluding hydrogens is 508 g/mol. The average Bonchev–Trinajstić information content (AvgIpc) is 3.27. The lowest BCUT2D eigenvalue weighted by Gasteiger charge is -2.32. The zero-order valence-corrected chi connectivity index (χ0v) is 21.1. The van der Waals surface area contributed by atoms with Crippen molar-refractivity contribution in [1.29, 1.82) is 0 Å². The molecule has 0 saturated heterocycles. The number of fused-ring (bicyclic) bond motifs is 1. The van der Waals surface area contributed by atoms with Crippen LogP contribution < -0.4 is 15.8 Å². The number of hydroxylamine groups is 1. The number of rotatable bonds is 8. The lowest BCUT2D eigenvalue weighted by Crippen LogP contribution is -2.48. The molecule has 5 rings (SSSR count). The fourth-order valence-corrected chi connectivity index (χ4v) is 6.12. The molecule has 2 heterocycles. The zero-order valence-electron chi connectivity index (χ0n) is 20.3. The van der Waals surface area contributed by atoms with Crippen molar-refractivity contribution in [2.24, 2.45) is 0 Å². The van der Waals surface area contributed by atoms with Gasteiger partial charge in [-0.15, -0.1) is 0 Å². The van der Waals surface area contributed by atoms with Crippen molar-refractivity contribution in [2.45, 2.75) is 30.5 Å². The zero-order chi connectivity index (χ0) is 26.7. The molecule has 1 amide bonds. The number of aromatic nitrogens is 2. The monoisotopic (exact) mass is 534 g/mol. The standard InChI is InChI=1S/C27H26N4O6S/c32-26(29-34)25-24-23(28-30(27(24)33)17-19-7-3-1-4-8-19)15-16-31(25)38(35,36)22-13-11-21(12-14-22)37-18-20-9-5-2-6-10-20/h1-14,25,28,34H,15-18H2,(H,29,32). The molecule has 1 aliphatic rings. The van der Waals surface area contributed by atoms with Crippen molar-refractivity contribution < 1.29 is 23.2 Å². The Morgan fingerprint density at radius 2 is 1.61 bits per heavy atom. The van der Waals surface area contributed by atoms with E-state index in [1.165, 1.54) is 34.4 Å². The Kier molecular flexibility index (Phi) is 7.14. The highest BCUT2D eigenvalue weighted by molar-refractivity contribution is 7.89. The molecule has 0 spiro atoms. The van der Waals surface area contributed by atoms with Gasteiger partial charge in [-0.1, -0.05) is 60.7 Å². The summed E-state index contributed by atoms with van der Waals surface area (Å²) < 4.78 is 35.3. The Morgan fingerprint density at radius 3 is 2.24 bits per heavy atom. The van der Waals surface area contributed by atoms with Crippen molar-refractivity contribution in [3.05, 3.63) is 118 Å². The van der Waals surface area contributed by atoms with Crippen molar-refractivity contribution in [2.75, 3.05) is 6.54 Å². The van der Waals surface area contributed by atoms with E-state index in [2.05, 4.69) is 5.10 Å². The Balaban J connectivity index is 1.42. The van der Waals surface area contributed by atoms with Gasteiger partial charge in [0, 0.05) is 18.7 Å². The number of carbonyl (C=O) groups is 1. The van der Waals surface area contributed by atoms with Gasteiger partial charge < -0.3 is 4.74 Å². The highest BCUT2D eigenvalue weighted by atomic mass is 32.2. The summed E-state index contributed by atoms with van der Waals surface area (Å²) in [6.45, 7) is 0.478. The molecule has 0 aliphatic carbocycles. The van der Waals surface area contributed by atoms with E-state index in [0.29, 0.717) is 18.1 Å². The maximum absolute atomic E-state index is 13.6. The summed E-state index contributed by atoms with van der Waals surface area (Å²) in [6, 6.07) is 23.1. The maximum atomic E-state index is 13.6. The Morgan fingerprint density at radius 1 is 0.974 bits per heavy atom. The van der Waals surface area contributed by atoms with Gasteiger partial charge in [0.05, 0.1) is 17.0 Å². The summed E-state index contributed by atoms with van der Waals surface area (Å²) >= 11 is 0. The number of sulfonamides is 1. The Bertz CT molecular complexity index is 1580. The number of nitrogens with one attached hydrogen (secondary N) is 2. The summed E-state index contributed by atoms with van der Waals surface area (Å²) in [5, 5.41) is 12.4. The number of H-pyrrole nitrogens is 1. The van der Waals surface area contributed by atoms with Crippen molar-refractivity contribution in [3.8, 4) is 5.75 Å². The van der Waals surface area contributed by atoms with E-state index in [9.17, 15) is 23.2 Å². The van der Waals surface area contributed by atoms with Crippen LogP contribution in [0.3, 0.4) is 0 Å². The lowest BCUT2D eigenvalue weighted by molar-refractivity contribution is -0.133. The van der Waals surface area contributed by atoms with E-state index in [0.717, 1.165) is 15.4 Å². The number of nitrogens with zero attached hydrogens (tertiary/aromatic N) is 2. The number of benzene rings is 3. The molecule has 1 aromatic heterocycles. The van der Waals surface area contributed by atoms with Crippen molar-refractivity contribution >= 4 is 15.9 Å². The van der Waals surface area contributed by atoms with E-state index in [-0.39, 0.29) is 30.0 Å². The second-order valence-electron chi connectivity index (χ2n) is 8.87. The predicted molar refractivity (Wildman–Crippen MR) is 138 cm³/mol. The predicted octanol–water partition coefficient (Wildman–Crippen LogP) is 2.60. The molecule has 0 fully saturated rings. The van der Waals surface area contributed by atoms with Crippen LogP contribution in [0.1, 0.15) is 28.4 Å². The minimum Gasteiger partial charge on any atom is -0.489 e. The van der Waals surface area contributed by atoms with Crippen LogP contribution in [-0.2, 0) is 34.4 Å². The van der Waals surface area contributed by atoms with Crippen molar-refractivity contribution in [1.82, 2.24) is 19.6 Å².